The van der Waals surface area contributed by atoms with Crippen LogP contribution in [0.5, 0.6) is 5.75 Å². The molecule has 0 unspecified atom stereocenters. The van der Waals surface area contributed by atoms with Gasteiger partial charge in [-0.2, -0.15) is 0 Å². The van der Waals surface area contributed by atoms with E-state index >= 15 is 0 Å². The Labute approximate surface area is 141 Å². The van der Waals surface area contributed by atoms with Gasteiger partial charge in [-0.25, -0.2) is 0 Å². The van der Waals surface area contributed by atoms with Gasteiger partial charge in [-0.1, -0.05) is 48.0 Å². The van der Waals surface area contributed by atoms with Crippen LogP contribution in [0.3, 0.4) is 0 Å². The van der Waals surface area contributed by atoms with Gasteiger partial charge in [-0.15, -0.1) is 0 Å². The predicted molar refractivity (Wildman–Crippen MR) is 100 cm³/mol. The van der Waals surface area contributed by atoms with E-state index in [9.17, 15) is 0 Å². The Hall–Kier alpha value is -3.00. The first-order valence-corrected chi connectivity index (χ1v) is 8.08. The highest BCUT2D eigenvalue weighted by molar-refractivity contribution is 6.03. The van der Waals surface area contributed by atoms with Crippen molar-refractivity contribution in [1.82, 2.24) is 4.98 Å². The topological polar surface area (TPSA) is 25.0 Å². The average Bonchev–Trinajstić information content (AvgIpc) is 3.02. The molecule has 0 saturated carbocycles. The summed E-state index contributed by atoms with van der Waals surface area (Å²) in [5, 5.41) is 1.24. The molecule has 24 heavy (non-hydrogen) atoms. The Morgan fingerprint density at radius 3 is 2.12 bits per heavy atom. The monoisotopic (exact) mass is 313 g/mol. The van der Waals surface area contributed by atoms with Gasteiger partial charge in [-0.05, 0) is 48.4 Å². The first-order chi connectivity index (χ1) is 11.8. The number of aromatic amines is 1. The fraction of sp³-hybridized carbons (Fsp3) is 0.0909. The fourth-order valence-corrected chi connectivity index (χ4v) is 3.14. The fourth-order valence-electron chi connectivity index (χ4n) is 3.14. The number of benzene rings is 3. The minimum absolute atomic E-state index is 0.867. The first-order valence-electron chi connectivity index (χ1n) is 8.08. The van der Waals surface area contributed by atoms with Crippen molar-refractivity contribution >= 4 is 10.9 Å². The number of rotatable bonds is 3. The molecule has 0 amide bonds. The summed E-state index contributed by atoms with van der Waals surface area (Å²) >= 11 is 0. The lowest BCUT2D eigenvalue weighted by Gasteiger charge is -2.07. The molecule has 2 heteroatoms. The first kappa shape index (κ1) is 14.6. The Morgan fingerprint density at radius 1 is 0.750 bits per heavy atom. The summed E-state index contributed by atoms with van der Waals surface area (Å²) in [4.78, 5) is 3.59. The third-order valence-corrected chi connectivity index (χ3v) is 4.43. The SMILES string of the molecule is COc1ccc(-c2[nH]c3ccccc3c2-c2ccc(C)cc2)cc1. The summed E-state index contributed by atoms with van der Waals surface area (Å²) in [6, 6.07) is 25.4. The molecule has 2 nitrogen and oxygen atoms in total. The van der Waals surface area contributed by atoms with Gasteiger partial charge in [0.2, 0.25) is 0 Å². The summed E-state index contributed by atoms with van der Waals surface area (Å²) in [6.45, 7) is 2.11. The van der Waals surface area contributed by atoms with Crippen molar-refractivity contribution in [2.24, 2.45) is 0 Å². The Kier molecular flexibility index (Phi) is 3.58. The number of nitrogens with one attached hydrogen (secondary N) is 1. The van der Waals surface area contributed by atoms with Crippen molar-refractivity contribution in [2.75, 3.05) is 7.11 Å². The van der Waals surface area contributed by atoms with Gasteiger partial charge >= 0.3 is 0 Å². The second-order valence-electron chi connectivity index (χ2n) is 6.02. The zero-order valence-electron chi connectivity index (χ0n) is 13.8. The van der Waals surface area contributed by atoms with E-state index < -0.39 is 0 Å². The third-order valence-electron chi connectivity index (χ3n) is 4.43. The minimum Gasteiger partial charge on any atom is -0.497 e. The summed E-state index contributed by atoms with van der Waals surface area (Å²) in [7, 11) is 1.69. The number of aryl methyl sites for hydroxylation is 1. The highest BCUT2D eigenvalue weighted by atomic mass is 16.5. The van der Waals surface area contributed by atoms with Crippen LogP contribution in [0, 0.1) is 6.92 Å². The highest BCUT2D eigenvalue weighted by Crippen LogP contribution is 2.38. The molecule has 4 aromatic rings. The molecule has 0 aliphatic rings. The summed E-state index contributed by atoms with van der Waals surface area (Å²) in [5.74, 6) is 0.867. The van der Waals surface area contributed by atoms with Crippen LogP contribution in [0.4, 0.5) is 0 Å². The molecule has 118 valence electrons. The van der Waals surface area contributed by atoms with Crippen molar-refractivity contribution in [3.63, 3.8) is 0 Å². The zero-order valence-corrected chi connectivity index (χ0v) is 13.8. The molecule has 0 atom stereocenters. The lowest BCUT2D eigenvalue weighted by molar-refractivity contribution is 0.415. The van der Waals surface area contributed by atoms with Crippen LogP contribution in [0.25, 0.3) is 33.3 Å². The number of fused-ring (bicyclic) bond motifs is 1. The molecule has 1 aromatic heterocycles. The maximum absolute atomic E-state index is 5.28. The van der Waals surface area contributed by atoms with E-state index in [0.717, 1.165) is 22.5 Å². The molecule has 1 heterocycles. The summed E-state index contributed by atoms with van der Waals surface area (Å²) in [6.07, 6.45) is 0. The standard InChI is InChI=1S/C22H19NO/c1-15-7-9-16(10-8-15)21-19-5-3-4-6-20(19)23-22(21)17-11-13-18(24-2)14-12-17/h3-14,23H,1-2H3. The zero-order chi connectivity index (χ0) is 16.5. The van der Waals surface area contributed by atoms with Gasteiger partial charge in [0.1, 0.15) is 5.75 Å². The Bertz CT molecular complexity index is 979. The van der Waals surface area contributed by atoms with E-state index in [-0.39, 0.29) is 0 Å². The molecule has 4 rings (SSSR count). The lowest BCUT2D eigenvalue weighted by atomic mass is 9.97. The second-order valence-corrected chi connectivity index (χ2v) is 6.02. The van der Waals surface area contributed by atoms with E-state index in [1.807, 2.05) is 12.1 Å². The van der Waals surface area contributed by atoms with Gasteiger partial charge < -0.3 is 9.72 Å². The molecule has 0 saturated heterocycles. The van der Waals surface area contributed by atoms with E-state index in [1.165, 1.54) is 22.1 Å². The summed E-state index contributed by atoms with van der Waals surface area (Å²) in [5.41, 5.74) is 7.19. The van der Waals surface area contributed by atoms with Crippen LogP contribution in [-0.2, 0) is 0 Å². The van der Waals surface area contributed by atoms with E-state index in [1.54, 1.807) is 7.11 Å². The van der Waals surface area contributed by atoms with Gasteiger partial charge in [0.05, 0.1) is 12.8 Å². The third kappa shape index (κ3) is 2.46. The number of ether oxygens (including phenoxy) is 1. The molecule has 3 aromatic carbocycles. The molecule has 0 aliphatic carbocycles. The Morgan fingerprint density at radius 2 is 1.42 bits per heavy atom. The van der Waals surface area contributed by atoms with E-state index in [0.29, 0.717) is 0 Å². The number of para-hydroxylation sites is 1. The maximum Gasteiger partial charge on any atom is 0.118 e. The number of methoxy groups -OCH3 is 1. The smallest absolute Gasteiger partial charge is 0.118 e. The molecule has 0 aliphatic heterocycles. The van der Waals surface area contributed by atoms with Gasteiger partial charge in [0.15, 0.2) is 0 Å². The number of H-pyrrole nitrogens is 1. The molecule has 0 radical (unpaired) electrons. The second kappa shape index (κ2) is 5.89. The molecule has 0 spiro atoms. The van der Waals surface area contributed by atoms with Gasteiger partial charge in [0.25, 0.3) is 0 Å². The van der Waals surface area contributed by atoms with Gasteiger partial charge in [-0.3, -0.25) is 0 Å². The van der Waals surface area contributed by atoms with E-state index in [4.69, 9.17) is 4.74 Å². The van der Waals surface area contributed by atoms with Crippen LogP contribution in [0.15, 0.2) is 72.8 Å². The minimum atomic E-state index is 0.867. The van der Waals surface area contributed by atoms with Gasteiger partial charge in [0, 0.05) is 16.5 Å². The molecular formula is C22H19NO. The summed E-state index contributed by atoms with van der Waals surface area (Å²) < 4.78 is 5.28. The van der Waals surface area contributed by atoms with Crippen molar-refractivity contribution < 1.29 is 4.74 Å². The molecule has 1 N–H and O–H groups in total. The van der Waals surface area contributed by atoms with Crippen molar-refractivity contribution in [3.05, 3.63) is 78.4 Å². The van der Waals surface area contributed by atoms with Crippen LogP contribution in [0.2, 0.25) is 0 Å². The maximum atomic E-state index is 5.28. The number of aromatic nitrogens is 1. The van der Waals surface area contributed by atoms with Crippen LogP contribution in [-0.4, -0.2) is 12.1 Å². The predicted octanol–water partition coefficient (Wildman–Crippen LogP) is 5.82. The van der Waals surface area contributed by atoms with Crippen LogP contribution < -0.4 is 4.74 Å². The quantitative estimate of drug-likeness (QED) is 0.506. The van der Waals surface area contributed by atoms with Crippen LogP contribution >= 0.6 is 0 Å². The molecule has 0 bridgehead atoms. The van der Waals surface area contributed by atoms with Crippen LogP contribution in [0.1, 0.15) is 5.56 Å². The highest BCUT2D eigenvalue weighted by Gasteiger charge is 2.14. The molecular weight excluding hydrogens is 294 g/mol. The Balaban J connectivity index is 1.97. The van der Waals surface area contributed by atoms with E-state index in [2.05, 4.69) is 72.6 Å². The number of hydrogen-bond donors (Lipinski definition) is 1. The van der Waals surface area contributed by atoms with Crippen molar-refractivity contribution in [1.29, 1.82) is 0 Å². The van der Waals surface area contributed by atoms with Crippen molar-refractivity contribution in [2.45, 2.75) is 6.92 Å². The normalized spacial score (nSPS) is 10.9. The number of hydrogen-bond acceptors (Lipinski definition) is 1. The molecule has 0 fully saturated rings. The lowest BCUT2D eigenvalue weighted by Crippen LogP contribution is -1.85. The largest absolute Gasteiger partial charge is 0.497 e. The average molecular weight is 313 g/mol. The van der Waals surface area contributed by atoms with Crippen molar-refractivity contribution in [3.8, 4) is 28.1 Å².